The van der Waals surface area contributed by atoms with E-state index < -0.39 is 11.9 Å². The SMILES string of the molecule is CCOc1cc(C=NNC(=O)COc2ccc(Cl)cc2Br)ccc1OC(=O)c1cccs1. The summed E-state index contributed by atoms with van der Waals surface area (Å²) in [5.74, 6) is 0.288. The van der Waals surface area contributed by atoms with Gasteiger partial charge in [-0.2, -0.15) is 5.10 Å². The van der Waals surface area contributed by atoms with E-state index in [1.165, 1.54) is 17.6 Å². The predicted molar refractivity (Wildman–Crippen MR) is 127 cm³/mol. The Morgan fingerprint density at radius 1 is 1.12 bits per heavy atom. The molecule has 0 aliphatic rings. The maximum absolute atomic E-state index is 12.2. The van der Waals surface area contributed by atoms with Crippen molar-refractivity contribution >= 4 is 57.0 Å². The number of rotatable bonds is 9. The highest BCUT2D eigenvalue weighted by molar-refractivity contribution is 9.10. The van der Waals surface area contributed by atoms with Gasteiger partial charge in [0.1, 0.15) is 10.6 Å². The molecule has 1 heterocycles. The lowest BCUT2D eigenvalue weighted by molar-refractivity contribution is -0.123. The zero-order valence-corrected chi connectivity index (χ0v) is 20.0. The Morgan fingerprint density at radius 3 is 2.66 bits per heavy atom. The van der Waals surface area contributed by atoms with Gasteiger partial charge < -0.3 is 14.2 Å². The molecule has 0 bridgehead atoms. The topological polar surface area (TPSA) is 86.2 Å². The number of amides is 1. The molecule has 0 atom stereocenters. The van der Waals surface area contributed by atoms with Gasteiger partial charge in [0.05, 0.1) is 17.3 Å². The van der Waals surface area contributed by atoms with Gasteiger partial charge in [0.25, 0.3) is 5.91 Å². The first-order valence-corrected chi connectivity index (χ1v) is 11.4. The molecule has 2 aromatic carbocycles. The highest BCUT2D eigenvalue weighted by Crippen LogP contribution is 2.29. The Kier molecular flexibility index (Phi) is 8.66. The van der Waals surface area contributed by atoms with E-state index in [9.17, 15) is 9.59 Å². The summed E-state index contributed by atoms with van der Waals surface area (Å²) in [5, 5.41) is 6.28. The Labute approximate surface area is 202 Å². The first-order chi connectivity index (χ1) is 15.5. The van der Waals surface area contributed by atoms with Gasteiger partial charge in [-0.05, 0) is 76.3 Å². The van der Waals surface area contributed by atoms with Gasteiger partial charge in [-0.25, -0.2) is 10.2 Å². The van der Waals surface area contributed by atoms with Crippen molar-refractivity contribution in [2.75, 3.05) is 13.2 Å². The first-order valence-electron chi connectivity index (χ1n) is 9.38. The molecule has 0 saturated heterocycles. The van der Waals surface area contributed by atoms with Gasteiger partial charge in [0, 0.05) is 5.02 Å². The number of carbonyl (C=O) groups excluding carboxylic acids is 2. The largest absolute Gasteiger partial charge is 0.490 e. The van der Waals surface area contributed by atoms with Crippen LogP contribution in [0.2, 0.25) is 5.02 Å². The summed E-state index contributed by atoms with van der Waals surface area (Å²) in [6, 6.07) is 13.4. The molecule has 7 nitrogen and oxygen atoms in total. The molecule has 0 saturated carbocycles. The third-order valence-corrected chi connectivity index (χ3v) is 5.55. The minimum absolute atomic E-state index is 0.223. The first kappa shape index (κ1) is 23.8. The van der Waals surface area contributed by atoms with Gasteiger partial charge in [0.2, 0.25) is 0 Å². The molecular weight excluding hydrogens is 520 g/mol. The summed E-state index contributed by atoms with van der Waals surface area (Å²) in [4.78, 5) is 24.7. The van der Waals surface area contributed by atoms with Crippen LogP contribution < -0.4 is 19.6 Å². The van der Waals surface area contributed by atoms with Crippen LogP contribution in [0.15, 0.2) is 63.5 Å². The smallest absolute Gasteiger partial charge is 0.353 e. The second-order valence-electron chi connectivity index (χ2n) is 6.16. The lowest BCUT2D eigenvalue weighted by Crippen LogP contribution is -2.24. The van der Waals surface area contributed by atoms with Gasteiger partial charge in [-0.3, -0.25) is 4.79 Å². The Balaban J connectivity index is 1.58. The van der Waals surface area contributed by atoms with E-state index in [-0.39, 0.29) is 6.61 Å². The van der Waals surface area contributed by atoms with Crippen LogP contribution in [-0.4, -0.2) is 31.3 Å². The minimum atomic E-state index is -0.457. The van der Waals surface area contributed by atoms with Crippen LogP contribution >= 0.6 is 38.9 Å². The van der Waals surface area contributed by atoms with Crippen molar-refractivity contribution in [3.05, 3.63) is 73.8 Å². The van der Waals surface area contributed by atoms with Crippen LogP contribution in [0.1, 0.15) is 22.2 Å². The molecule has 0 radical (unpaired) electrons. The lowest BCUT2D eigenvalue weighted by atomic mass is 10.2. The fraction of sp³-hybridized carbons (Fsp3) is 0.136. The van der Waals surface area contributed by atoms with E-state index in [1.807, 2.05) is 6.92 Å². The Morgan fingerprint density at radius 2 is 1.94 bits per heavy atom. The number of nitrogens with one attached hydrogen (secondary N) is 1. The summed E-state index contributed by atoms with van der Waals surface area (Å²) in [7, 11) is 0. The molecule has 3 aromatic rings. The number of ether oxygens (including phenoxy) is 3. The molecule has 166 valence electrons. The number of carbonyl (C=O) groups is 2. The van der Waals surface area contributed by atoms with Crippen molar-refractivity contribution in [2.45, 2.75) is 6.92 Å². The van der Waals surface area contributed by atoms with E-state index in [1.54, 1.807) is 53.9 Å². The van der Waals surface area contributed by atoms with Crippen molar-refractivity contribution in [1.82, 2.24) is 5.43 Å². The van der Waals surface area contributed by atoms with Gasteiger partial charge in [0.15, 0.2) is 18.1 Å². The van der Waals surface area contributed by atoms with Crippen molar-refractivity contribution in [3.63, 3.8) is 0 Å². The molecule has 0 aliphatic carbocycles. The number of hydrogen-bond donors (Lipinski definition) is 1. The van der Waals surface area contributed by atoms with Crippen LogP contribution in [0, 0.1) is 0 Å². The molecule has 10 heteroatoms. The fourth-order valence-corrected chi connectivity index (χ4v) is 3.85. The number of esters is 1. The Bertz CT molecular complexity index is 1120. The quantitative estimate of drug-likeness (QED) is 0.173. The van der Waals surface area contributed by atoms with Crippen LogP contribution in [0.25, 0.3) is 0 Å². The highest BCUT2D eigenvalue weighted by Gasteiger charge is 2.14. The normalized spacial score (nSPS) is 10.7. The maximum atomic E-state index is 12.2. The van der Waals surface area contributed by atoms with E-state index in [0.717, 1.165) is 0 Å². The second-order valence-corrected chi connectivity index (χ2v) is 8.40. The fourth-order valence-electron chi connectivity index (χ4n) is 2.45. The maximum Gasteiger partial charge on any atom is 0.353 e. The van der Waals surface area contributed by atoms with Crippen LogP contribution in [0.4, 0.5) is 0 Å². The lowest BCUT2D eigenvalue weighted by Gasteiger charge is -2.11. The van der Waals surface area contributed by atoms with Crippen LogP contribution in [0.5, 0.6) is 17.2 Å². The summed E-state index contributed by atoms with van der Waals surface area (Å²) < 4.78 is 17.1. The molecule has 1 amide bonds. The summed E-state index contributed by atoms with van der Waals surface area (Å²) in [6.45, 7) is 1.99. The highest BCUT2D eigenvalue weighted by atomic mass is 79.9. The van der Waals surface area contributed by atoms with Crippen molar-refractivity contribution in [3.8, 4) is 17.2 Å². The van der Waals surface area contributed by atoms with Crippen molar-refractivity contribution < 1.29 is 23.8 Å². The number of thiophene rings is 1. The van der Waals surface area contributed by atoms with Crippen LogP contribution in [-0.2, 0) is 4.79 Å². The molecule has 3 rings (SSSR count). The van der Waals surface area contributed by atoms with Gasteiger partial charge >= 0.3 is 5.97 Å². The molecule has 0 fully saturated rings. The van der Waals surface area contributed by atoms with Gasteiger partial charge in [-0.1, -0.05) is 17.7 Å². The summed E-state index contributed by atoms with van der Waals surface area (Å²) in [5.41, 5.74) is 3.03. The van der Waals surface area contributed by atoms with E-state index >= 15 is 0 Å². The number of hydrogen-bond acceptors (Lipinski definition) is 7. The third kappa shape index (κ3) is 6.81. The molecule has 0 unspecified atom stereocenters. The molecule has 32 heavy (non-hydrogen) atoms. The van der Waals surface area contributed by atoms with E-state index in [4.69, 9.17) is 25.8 Å². The molecule has 0 spiro atoms. The Hall–Kier alpha value is -2.88. The summed E-state index contributed by atoms with van der Waals surface area (Å²) in [6.07, 6.45) is 1.45. The van der Waals surface area contributed by atoms with Crippen LogP contribution in [0.3, 0.4) is 0 Å². The number of hydrazone groups is 1. The zero-order chi connectivity index (χ0) is 22.9. The standard InChI is InChI=1S/C22H18BrClN2O5S/c1-2-29-19-10-14(5-7-18(19)31-22(28)20-4-3-9-32-20)12-25-26-21(27)13-30-17-8-6-15(24)11-16(17)23/h3-12H,2,13H2,1H3,(H,26,27). The molecular formula is C22H18BrClN2O5S. The average molecular weight is 538 g/mol. The third-order valence-electron chi connectivity index (χ3n) is 3.85. The zero-order valence-electron chi connectivity index (χ0n) is 16.8. The monoisotopic (exact) mass is 536 g/mol. The van der Waals surface area contributed by atoms with E-state index in [2.05, 4.69) is 26.5 Å². The second kappa shape index (κ2) is 11.7. The molecule has 1 aromatic heterocycles. The molecule has 1 N–H and O–H groups in total. The van der Waals surface area contributed by atoms with Crippen molar-refractivity contribution in [2.24, 2.45) is 5.10 Å². The minimum Gasteiger partial charge on any atom is -0.490 e. The number of halogens is 2. The summed E-state index contributed by atoms with van der Waals surface area (Å²) >= 11 is 10.5. The molecule has 0 aliphatic heterocycles. The predicted octanol–water partition coefficient (Wildman–Crippen LogP) is 5.31. The average Bonchev–Trinajstić information content (AvgIpc) is 3.30. The van der Waals surface area contributed by atoms with E-state index in [0.29, 0.717) is 43.8 Å². The van der Waals surface area contributed by atoms with Gasteiger partial charge in [-0.15, -0.1) is 11.3 Å². The number of nitrogens with zero attached hydrogens (tertiary/aromatic N) is 1. The number of benzene rings is 2. The van der Waals surface area contributed by atoms with Crippen molar-refractivity contribution in [1.29, 1.82) is 0 Å².